The molecule has 1 aliphatic heterocycles. The largest absolute Gasteiger partial charge is 0.476 e. The van der Waals surface area contributed by atoms with E-state index >= 15 is 0 Å². The highest BCUT2D eigenvalue weighted by molar-refractivity contribution is 6.39. The van der Waals surface area contributed by atoms with Gasteiger partial charge in [0.25, 0.3) is 0 Å². The van der Waals surface area contributed by atoms with Gasteiger partial charge in [-0.3, -0.25) is 4.90 Å². The first-order valence-corrected chi connectivity index (χ1v) is 12.0. The van der Waals surface area contributed by atoms with Crippen molar-refractivity contribution in [2.24, 2.45) is 0 Å². The van der Waals surface area contributed by atoms with Gasteiger partial charge in [-0.2, -0.15) is 0 Å². The maximum Gasteiger partial charge on any atom is 0.247 e. The van der Waals surface area contributed by atoms with Crippen molar-refractivity contribution in [2.75, 3.05) is 31.6 Å². The summed E-state index contributed by atoms with van der Waals surface area (Å²) < 4.78 is 5.84. The number of benzene rings is 2. The third-order valence-electron chi connectivity index (χ3n) is 5.85. The number of hydrogen-bond donors (Lipinski definition) is 1. The van der Waals surface area contributed by atoms with Crippen molar-refractivity contribution in [2.45, 2.75) is 19.8 Å². The van der Waals surface area contributed by atoms with E-state index in [2.05, 4.69) is 30.4 Å². The molecule has 4 aromatic rings. The molecule has 1 fully saturated rings. The number of nitrogens with one attached hydrogen (secondary N) is 1. The van der Waals surface area contributed by atoms with E-state index < -0.39 is 0 Å². The fourth-order valence-corrected chi connectivity index (χ4v) is 4.78. The molecule has 1 saturated heterocycles. The molecule has 0 spiro atoms. The second kappa shape index (κ2) is 10.1. The van der Waals surface area contributed by atoms with Gasteiger partial charge in [-0.15, -0.1) is 10.2 Å². The lowest BCUT2D eigenvalue weighted by atomic mass is 10.0. The molecule has 0 unspecified atom stereocenters. The first-order valence-electron chi connectivity index (χ1n) is 11.2. The highest BCUT2D eigenvalue weighted by atomic mass is 35.5. The zero-order valence-corrected chi connectivity index (χ0v) is 20.3. The van der Waals surface area contributed by atoms with Gasteiger partial charge >= 0.3 is 0 Å². The quantitative estimate of drug-likeness (QED) is 0.341. The second-order valence-electron chi connectivity index (χ2n) is 8.30. The number of ether oxygens (including phenoxy) is 1. The van der Waals surface area contributed by atoms with Crippen molar-refractivity contribution < 1.29 is 4.74 Å². The van der Waals surface area contributed by atoms with Crippen LogP contribution in [0.25, 0.3) is 22.2 Å². The van der Waals surface area contributed by atoms with Gasteiger partial charge in [-0.25, -0.2) is 9.97 Å². The van der Waals surface area contributed by atoms with Crippen molar-refractivity contribution in [3.63, 3.8) is 0 Å². The number of rotatable bonds is 7. The summed E-state index contributed by atoms with van der Waals surface area (Å²) in [7, 11) is 0. The van der Waals surface area contributed by atoms with Crippen LogP contribution in [0.5, 0.6) is 5.88 Å². The predicted octanol–water partition coefficient (Wildman–Crippen LogP) is 5.92. The Morgan fingerprint density at radius 1 is 1.03 bits per heavy atom. The zero-order valence-electron chi connectivity index (χ0n) is 18.8. The van der Waals surface area contributed by atoms with Gasteiger partial charge in [-0.1, -0.05) is 29.3 Å². The molecular weight excluding hydrogens is 471 g/mol. The lowest BCUT2D eigenvalue weighted by molar-refractivity contribution is 0.232. The standard InChI is InChI=1S/C25H24Cl2N6O/c1-16-13-17(23-19(26)5-4-6-20(23)27)14-21-24(16)30-25(32-31-21)29-18-7-8-28-22(15-18)34-12-11-33-9-2-3-10-33/h4-8,13-15H,2-3,9-12H2,1H3,(H,28,29,30,32). The lowest BCUT2D eigenvalue weighted by Gasteiger charge is -2.14. The molecule has 174 valence electrons. The van der Waals surface area contributed by atoms with Crippen LogP contribution in [0.3, 0.4) is 0 Å². The number of halogens is 2. The summed E-state index contributed by atoms with van der Waals surface area (Å²) in [5, 5.41) is 13.0. The Bertz CT molecular complexity index is 1310. The minimum absolute atomic E-state index is 0.397. The van der Waals surface area contributed by atoms with Crippen molar-refractivity contribution >= 4 is 45.9 Å². The van der Waals surface area contributed by atoms with Crippen LogP contribution in [0, 0.1) is 6.92 Å². The SMILES string of the molecule is Cc1cc(-c2c(Cl)cccc2Cl)cc2nnc(Nc3ccnc(OCCN4CCCC4)c3)nc12. The highest BCUT2D eigenvalue weighted by Gasteiger charge is 2.14. The summed E-state index contributed by atoms with van der Waals surface area (Å²) in [4.78, 5) is 11.4. The van der Waals surface area contributed by atoms with E-state index in [4.69, 9.17) is 27.9 Å². The molecule has 0 atom stereocenters. The average molecular weight is 495 g/mol. The van der Waals surface area contributed by atoms with Crippen LogP contribution in [-0.2, 0) is 0 Å². The number of pyridine rings is 1. The minimum atomic E-state index is 0.397. The summed E-state index contributed by atoms with van der Waals surface area (Å²) in [5.41, 5.74) is 4.79. The Kier molecular flexibility index (Phi) is 6.76. The third-order valence-corrected chi connectivity index (χ3v) is 6.48. The van der Waals surface area contributed by atoms with Crippen LogP contribution in [0.1, 0.15) is 18.4 Å². The first kappa shape index (κ1) is 22.8. The maximum absolute atomic E-state index is 6.40. The molecule has 5 rings (SSSR count). The highest BCUT2D eigenvalue weighted by Crippen LogP contribution is 2.36. The van der Waals surface area contributed by atoms with E-state index in [0.717, 1.165) is 47.5 Å². The molecule has 9 heteroatoms. The fraction of sp³-hybridized carbons (Fsp3) is 0.280. The predicted molar refractivity (Wildman–Crippen MR) is 136 cm³/mol. The van der Waals surface area contributed by atoms with Crippen LogP contribution < -0.4 is 10.1 Å². The van der Waals surface area contributed by atoms with Crippen LogP contribution in [0.2, 0.25) is 10.0 Å². The van der Waals surface area contributed by atoms with Crippen LogP contribution in [-0.4, -0.2) is 51.3 Å². The average Bonchev–Trinajstić information content (AvgIpc) is 3.33. The molecule has 34 heavy (non-hydrogen) atoms. The van der Waals surface area contributed by atoms with E-state index in [0.29, 0.717) is 34.0 Å². The molecule has 0 radical (unpaired) electrons. The molecule has 0 aliphatic carbocycles. The van der Waals surface area contributed by atoms with Gasteiger partial charge in [-0.05, 0) is 74.3 Å². The van der Waals surface area contributed by atoms with Gasteiger partial charge in [0.2, 0.25) is 11.8 Å². The molecule has 3 heterocycles. The van der Waals surface area contributed by atoms with Crippen molar-refractivity contribution in [3.8, 4) is 17.0 Å². The maximum atomic E-state index is 6.40. The number of anilines is 2. The third kappa shape index (κ3) is 5.06. The summed E-state index contributed by atoms with van der Waals surface area (Å²) in [6, 6.07) is 13.1. The second-order valence-corrected chi connectivity index (χ2v) is 9.11. The molecule has 1 aliphatic rings. The number of likely N-dealkylation sites (tertiary alicyclic amines) is 1. The van der Waals surface area contributed by atoms with Gasteiger partial charge in [0.15, 0.2) is 0 Å². The minimum Gasteiger partial charge on any atom is -0.476 e. The topological polar surface area (TPSA) is 76.1 Å². The van der Waals surface area contributed by atoms with Crippen LogP contribution >= 0.6 is 23.2 Å². The molecular formula is C25H24Cl2N6O. The van der Waals surface area contributed by atoms with Crippen LogP contribution in [0.15, 0.2) is 48.7 Å². The summed E-state index contributed by atoms with van der Waals surface area (Å²) in [6.07, 6.45) is 4.24. The number of fused-ring (bicyclic) bond motifs is 1. The van der Waals surface area contributed by atoms with Gasteiger partial charge in [0.05, 0.1) is 5.52 Å². The molecule has 1 N–H and O–H groups in total. The van der Waals surface area contributed by atoms with E-state index in [9.17, 15) is 0 Å². The smallest absolute Gasteiger partial charge is 0.247 e. The van der Waals surface area contributed by atoms with Crippen molar-refractivity contribution in [3.05, 3.63) is 64.3 Å². The van der Waals surface area contributed by atoms with E-state index in [1.54, 1.807) is 6.20 Å². The number of aromatic nitrogens is 4. The summed E-state index contributed by atoms with van der Waals surface area (Å²) >= 11 is 12.8. The molecule has 0 bridgehead atoms. The molecule has 0 saturated carbocycles. The molecule has 7 nitrogen and oxygen atoms in total. The molecule has 0 amide bonds. The lowest BCUT2D eigenvalue weighted by Crippen LogP contribution is -2.25. The molecule has 2 aromatic heterocycles. The number of hydrogen-bond acceptors (Lipinski definition) is 7. The zero-order chi connectivity index (χ0) is 23.5. The number of nitrogens with zero attached hydrogens (tertiary/aromatic N) is 5. The summed E-state index contributed by atoms with van der Waals surface area (Å²) in [5.74, 6) is 0.962. The number of aryl methyl sites for hydroxylation is 1. The molecule has 2 aromatic carbocycles. The fourth-order valence-electron chi connectivity index (χ4n) is 4.16. The van der Waals surface area contributed by atoms with E-state index in [1.807, 2.05) is 49.4 Å². The first-order chi connectivity index (χ1) is 16.6. The Labute approximate surface area is 208 Å². The Morgan fingerprint density at radius 2 is 1.82 bits per heavy atom. The van der Waals surface area contributed by atoms with Gasteiger partial charge < -0.3 is 10.1 Å². The van der Waals surface area contributed by atoms with Crippen LogP contribution in [0.4, 0.5) is 11.6 Å². The monoisotopic (exact) mass is 494 g/mol. The van der Waals surface area contributed by atoms with Crippen molar-refractivity contribution in [1.82, 2.24) is 25.1 Å². The summed E-state index contributed by atoms with van der Waals surface area (Å²) in [6.45, 7) is 5.81. The normalized spacial score (nSPS) is 14.0. The Balaban J connectivity index is 1.33. The Morgan fingerprint density at radius 3 is 2.62 bits per heavy atom. The van der Waals surface area contributed by atoms with E-state index in [1.165, 1.54) is 12.8 Å². The Hall–Kier alpha value is -3.00. The van der Waals surface area contributed by atoms with Gasteiger partial charge in [0.1, 0.15) is 12.1 Å². The van der Waals surface area contributed by atoms with E-state index in [-0.39, 0.29) is 0 Å². The van der Waals surface area contributed by atoms with Crippen molar-refractivity contribution in [1.29, 1.82) is 0 Å². The van der Waals surface area contributed by atoms with Gasteiger partial charge in [0, 0.05) is 40.1 Å².